The highest BCUT2D eigenvalue weighted by Gasteiger charge is 2.36. The lowest BCUT2D eigenvalue weighted by Crippen LogP contribution is -2.46. The quantitative estimate of drug-likeness (QED) is 0.758. The van der Waals surface area contributed by atoms with Gasteiger partial charge in [0.15, 0.2) is 0 Å². The molecule has 4 nitrogen and oxygen atoms in total. The van der Waals surface area contributed by atoms with E-state index in [2.05, 4.69) is 10.2 Å². The third-order valence-corrected chi connectivity index (χ3v) is 4.01. The van der Waals surface area contributed by atoms with Crippen LogP contribution in [0.1, 0.15) is 39.5 Å². The number of ether oxygens (including phenoxy) is 1. The average molecular weight is 291 g/mol. The monoisotopic (exact) mass is 290 g/mol. The zero-order chi connectivity index (χ0) is 13.0. The molecule has 0 bridgehead atoms. The molecule has 2 rings (SSSR count). The first-order valence-electron chi connectivity index (χ1n) is 7.35. The minimum Gasteiger partial charge on any atom is -0.465 e. The molecule has 5 heteroatoms. The highest BCUT2D eigenvalue weighted by Crippen LogP contribution is 2.30. The molecule has 0 amide bonds. The Bertz CT molecular complexity index is 279. The second-order valence-corrected chi connectivity index (χ2v) is 5.57. The van der Waals surface area contributed by atoms with Gasteiger partial charge in [-0.2, -0.15) is 0 Å². The van der Waals surface area contributed by atoms with Gasteiger partial charge in [-0.1, -0.05) is 0 Å². The summed E-state index contributed by atoms with van der Waals surface area (Å²) in [6.45, 7) is 7.63. The average Bonchev–Trinajstić information content (AvgIpc) is 3.21. The van der Waals surface area contributed by atoms with E-state index in [1.807, 2.05) is 13.8 Å². The van der Waals surface area contributed by atoms with Crippen LogP contribution in [0.5, 0.6) is 0 Å². The number of nitrogens with zero attached hydrogens (tertiary/aromatic N) is 1. The Morgan fingerprint density at radius 2 is 2.16 bits per heavy atom. The van der Waals surface area contributed by atoms with Crippen LogP contribution in [0.3, 0.4) is 0 Å². The maximum absolute atomic E-state index is 11.9. The standard InChI is InChI=1S/C14H26N2O2.ClH/c1-3-18-14(17)11(2)16(13-6-7-13)10-12-5-4-8-15-9-12;/h11-13,15H,3-10H2,1-2H3;1H. The van der Waals surface area contributed by atoms with Gasteiger partial charge in [-0.25, -0.2) is 0 Å². The van der Waals surface area contributed by atoms with Crippen molar-refractivity contribution in [3.05, 3.63) is 0 Å². The van der Waals surface area contributed by atoms with Gasteiger partial charge in [0.05, 0.1) is 6.61 Å². The fourth-order valence-corrected chi connectivity index (χ4v) is 2.81. The van der Waals surface area contributed by atoms with E-state index in [0.29, 0.717) is 18.6 Å². The summed E-state index contributed by atoms with van der Waals surface area (Å²) < 4.78 is 5.16. The summed E-state index contributed by atoms with van der Waals surface area (Å²) in [5.41, 5.74) is 0. The number of esters is 1. The first-order chi connectivity index (χ1) is 8.72. The predicted molar refractivity (Wildman–Crippen MR) is 78.7 cm³/mol. The third-order valence-electron chi connectivity index (χ3n) is 4.01. The summed E-state index contributed by atoms with van der Waals surface area (Å²) in [6.07, 6.45) is 5.02. The molecule has 0 radical (unpaired) electrons. The van der Waals surface area contributed by atoms with Crippen LogP contribution < -0.4 is 5.32 Å². The van der Waals surface area contributed by atoms with Crippen molar-refractivity contribution in [2.75, 3.05) is 26.2 Å². The predicted octanol–water partition coefficient (Wildman–Crippen LogP) is 1.82. The number of carbonyl (C=O) groups is 1. The summed E-state index contributed by atoms with van der Waals surface area (Å²) in [4.78, 5) is 14.2. The number of hydrogen-bond acceptors (Lipinski definition) is 4. The first kappa shape index (κ1) is 16.7. The second kappa shape index (κ2) is 8.08. The van der Waals surface area contributed by atoms with E-state index in [4.69, 9.17) is 4.74 Å². The zero-order valence-electron chi connectivity index (χ0n) is 12.1. The molecule has 1 saturated heterocycles. The van der Waals surface area contributed by atoms with Crippen molar-refractivity contribution >= 4 is 18.4 Å². The van der Waals surface area contributed by atoms with Crippen molar-refractivity contribution in [2.45, 2.75) is 51.6 Å². The van der Waals surface area contributed by atoms with E-state index in [9.17, 15) is 4.79 Å². The molecule has 2 atom stereocenters. The SMILES string of the molecule is CCOC(=O)C(C)N(CC1CCCNC1)C1CC1.Cl. The lowest BCUT2D eigenvalue weighted by atomic mass is 9.98. The van der Waals surface area contributed by atoms with Gasteiger partial charge in [0.2, 0.25) is 0 Å². The summed E-state index contributed by atoms with van der Waals surface area (Å²) >= 11 is 0. The highest BCUT2D eigenvalue weighted by atomic mass is 35.5. The summed E-state index contributed by atoms with van der Waals surface area (Å²) in [5, 5.41) is 3.45. The van der Waals surface area contributed by atoms with Crippen LogP contribution in [0.15, 0.2) is 0 Å². The van der Waals surface area contributed by atoms with Crippen LogP contribution in [-0.2, 0) is 9.53 Å². The molecule has 0 aromatic rings. The van der Waals surface area contributed by atoms with Crippen LogP contribution in [0.4, 0.5) is 0 Å². The summed E-state index contributed by atoms with van der Waals surface area (Å²) in [5.74, 6) is 0.629. The molecular formula is C14H27ClN2O2. The van der Waals surface area contributed by atoms with Gasteiger partial charge in [-0.15, -0.1) is 12.4 Å². The number of halogens is 1. The normalized spacial score (nSPS) is 24.7. The van der Waals surface area contributed by atoms with Crippen molar-refractivity contribution in [3.63, 3.8) is 0 Å². The Morgan fingerprint density at radius 3 is 2.68 bits per heavy atom. The van der Waals surface area contributed by atoms with Gasteiger partial charge >= 0.3 is 5.97 Å². The van der Waals surface area contributed by atoms with E-state index in [1.165, 1.54) is 25.7 Å². The van der Waals surface area contributed by atoms with Gasteiger partial charge in [0.25, 0.3) is 0 Å². The molecular weight excluding hydrogens is 264 g/mol. The van der Waals surface area contributed by atoms with Crippen molar-refractivity contribution in [1.82, 2.24) is 10.2 Å². The van der Waals surface area contributed by atoms with E-state index >= 15 is 0 Å². The Balaban J connectivity index is 0.00000180. The van der Waals surface area contributed by atoms with Crippen molar-refractivity contribution in [1.29, 1.82) is 0 Å². The van der Waals surface area contributed by atoms with Crippen LogP contribution in [0.25, 0.3) is 0 Å². The van der Waals surface area contributed by atoms with E-state index < -0.39 is 0 Å². The van der Waals surface area contributed by atoms with E-state index in [-0.39, 0.29) is 24.4 Å². The molecule has 1 aliphatic heterocycles. The van der Waals surface area contributed by atoms with Crippen molar-refractivity contribution in [3.8, 4) is 0 Å². The molecule has 1 N–H and O–H groups in total. The van der Waals surface area contributed by atoms with Gasteiger partial charge in [0.1, 0.15) is 6.04 Å². The molecule has 19 heavy (non-hydrogen) atoms. The Hall–Kier alpha value is -0.320. The van der Waals surface area contributed by atoms with Crippen molar-refractivity contribution in [2.24, 2.45) is 5.92 Å². The number of hydrogen-bond donors (Lipinski definition) is 1. The van der Waals surface area contributed by atoms with Crippen LogP contribution >= 0.6 is 12.4 Å². The number of carbonyl (C=O) groups excluding carboxylic acids is 1. The third kappa shape index (κ3) is 4.93. The number of rotatable bonds is 6. The van der Waals surface area contributed by atoms with Gasteiger partial charge in [-0.05, 0) is 58.5 Å². The lowest BCUT2D eigenvalue weighted by molar-refractivity contribution is -0.149. The highest BCUT2D eigenvalue weighted by molar-refractivity contribution is 5.85. The molecule has 112 valence electrons. The van der Waals surface area contributed by atoms with Crippen LogP contribution in [0, 0.1) is 5.92 Å². The minimum atomic E-state index is -0.0839. The van der Waals surface area contributed by atoms with Gasteiger partial charge in [-0.3, -0.25) is 9.69 Å². The van der Waals surface area contributed by atoms with Crippen LogP contribution in [-0.4, -0.2) is 49.2 Å². The second-order valence-electron chi connectivity index (χ2n) is 5.57. The fraction of sp³-hybridized carbons (Fsp3) is 0.929. The van der Waals surface area contributed by atoms with Crippen molar-refractivity contribution < 1.29 is 9.53 Å². The summed E-state index contributed by atoms with van der Waals surface area (Å²) in [7, 11) is 0. The molecule has 1 heterocycles. The maximum atomic E-state index is 11.9. The lowest BCUT2D eigenvalue weighted by Gasteiger charge is -2.33. The minimum absolute atomic E-state index is 0. The number of piperidine rings is 1. The molecule has 2 unspecified atom stereocenters. The molecule has 1 saturated carbocycles. The summed E-state index contributed by atoms with van der Waals surface area (Å²) in [6, 6.07) is 0.533. The molecule has 0 spiro atoms. The topological polar surface area (TPSA) is 41.6 Å². The fourth-order valence-electron chi connectivity index (χ4n) is 2.81. The molecule has 0 aromatic carbocycles. The molecule has 2 fully saturated rings. The molecule has 0 aromatic heterocycles. The molecule has 2 aliphatic rings. The Labute approximate surface area is 122 Å². The van der Waals surface area contributed by atoms with E-state index in [0.717, 1.165) is 19.6 Å². The zero-order valence-corrected chi connectivity index (χ0v) is 12.9. The smallest absolute Gasteiger partial charge is 0.323 e. The maximum Gasteiger partial charge on any atom is 0.323 e. The van der Waals surface area contributed by atoms with Crippen LogP contribution in [0.2, 0.25) is 0 Å². The Morgan fingerprint density at radius 1 is 1.42 bits per heavy atom. The van der Waals surface area contributed by atoms with E-state index in [1.54, 1.807) is 0 Å². The number of nitrogens with one attached hydrogen (secondary N) is 1. The molecule has 1 aliphatic carbocycles. The largest absolute Gasteiger partial charge is 0.465 e. The first-order valence-corrected chi connectivity index (χ1v) is 7.35. The van der Waals surface area contributed by atoms with Gasteiger partial charge < -0.3 is 10.1 Å². The Kier molecular flexibility index (Phi) is 7.11. The van der Waals surface area contributed by atoms with Gasteiger partial charge in [0, 0.05) is 12.6 Å².